The van der Waals surface area contributed by atoms with Crippen LogP contribution in [0.4, 0.5) is 10.2 Å². The van der Waals surface area contributed by atoms with E-state index in [2.05, 4.69) is 22.4 Å². The molecule has 3 aliphatic rings. The van der Waals surface area contributed by atoms with E-state index in [1.54, 1.807) is 6.20 Å². The fourth-order valence-corrected chi connectivity index (χ4v) is 5.90. The molecular weight excluding hydrogens is 443 g/mol. The van der Waals surface area contributed by atoms with E-state index in [9.17, 15) is 9.90 Å². The molecular formula is C28H37FN4O2. The van der Waals surface area contributed by atoms with Crippen molar-refractivity contribution in [1.82, 2.24) is 14.9 Å². The highest BCUT2D eigenvalue weighted by molar-refractivity contribution is 5.76. The molecule has 0 bridgehead atoms. The summed E-state index contributed by atoms with van der Waals surface area (Å²) in [6.07, 6.45) is 10.3. The van der Waals surface area contributed by atoms with Crippen LogP contribution in [-0.2, 0) is 17.6 Å². The number of likely N-dealkylation sites (tertiary alicyclic amines) is 1. The molecule has 2 aromatic rings. The zero-order valence-electron chi connectivity index (χ0n) is 20.5. The summed E-state index contributed by atoms with van der Waals surface area (Å²) in [4.78, 5) is 23.6. The number of carbonyl (C=O) groups is 1. The molecule has 2 N–H and O–H groups in total. The Morgan fingerprint density at radius 3 is 2.89 bits per heavy atom. The van der Waals surface area contributed by atoms with Gasteiger partial charge in [-0.05, 0) is 75.6 Å². The molecule has 6 nitrogen and oxygen atoms in total. The van der Waals surface area contributed by atoms with E-state index < -0.39 is 18.2 Å². The number of hydrogen-bond donors (Lipinski definition) is 2. The summed E-state index contributed by atoms with van der Waals surface area (Å²) in [6, 6.07) is 7.28. The number of aryl methyl sites for hydroxylation is 2. The first-order valence-electron chi connectivity index (χ1n) is 13.4. The van der Waals surface area contributed by atoms with E-state index in [0.29, 0.717) is 31.8 Å². The quantitative estimate of drug-likeness (QED) is 0.449. The van der Waals surface area contributed by atoms with E-state index in [4.69, 9.17) is 4.98 Å². The van der Waals surface area contributed by atoms with E-state index >= 15 is 4.39 Å². The first kappa shape index (κ1) is 24.2. The first-order valence-corrected chi connectivity index (χ1v) is 13.4. The number of alkyl halides is 1. The molecule has 35 heavy (non-hydrogen) atoms. The van der Waals surface area contributed by atoms with Crippen LogP contribution in [0.25, 0.3) is 0 Å². The first-order chi connectivity index (χ1) is 17.1. The second kappa shape index (κ2) is 11.0. The Balaban J connectivity index is 1.13. The van der Waals surface area contributed by atoms with E-state index in [-0.39, 0.29) is 5.92 Å². The third-order valence-corrected chi connectivity index (χ3v) is 8.14. The lowest BCUT2D eigenvalue weighted by molar-refractivity contribution is -0.143. The number of fused-ring (bicyclic) bond motifs is 1. The number of aromatic nitrogens is 2. The van der Waals surface area contributed by atoms with Gasteiger partial charge in [0.25, 0.3) is 0 Å². The van der Waals surface area contributed by atoms with Crippen LogP contribution in [0.15, 0.2) is 30.5 Å². The number of pyridine rings is 2. The van der Waals surface area contributed by atoms with E-state index in [1.165, 1.54) is 12.0 Å². The van der Waals surface area contributed by atoms with Crippen molar-refractivity contribution in [2.45, 2.75) is 82.3 Å². The number of aliphatic carboxylic acids is 1. The maximum atomic E-state index is 15.2. The molecule has 0 aromatic carbocycles. The molecule has 1 saturated carbocycles. The number of nitrogens with zero attached hydrogens (tertiary/aromatic N) is 3. The predicted molar refractivity (Wildman–Crippen MR) is 134 cm³/mol. The number of hydrogen-bond acceptors (Lipinski definition) is 5. The molecule has 7 heteroatoms. The molecule has 1 aliphatic carbocycles. The Morgan fingerprint density at radius 1 is 1.20 bits per heavy atom. The van der Waals surface area contributed by atoms with Gasteiger partial charge in [0.15, 0.2) is 0 Å². The minimum absolute atomic E-state index is 0.105. The largest absolute Gasteiger partial charge is 0.480 e. The van der Waals surface area contributed by atoms with Gasteiger partial charge in [0.1, 0.15) is 18.0 Å². The summed E-state index contributed by atoms with van der Waals surface area (Å²) in [6.45, 7) is 2.10. The average molecular weight is 481 g/mol. The van der Waals surface area contributed by atoms with Gasteiger partial charge in [-0.25, -0.2) is 9.37 Å². The fraction of sp³-hybridized carbons (Fsp3) is 0.607. The van der Waals surface area contributed by atoms with Crippen molar-refractivity contribution in [2.24, 2.45) is 5.92 Å². The van der Waals surface area contributed by atoms with Crippen LogP contribution in [-0.4, -0.2) is 51.7 Å². The Labute approximate surface area is 207 Å². The van der Waals surface area contributed by atoms with Crippen LogP contribution >= 0.6 is 0 Å². The van der Waals surface area contributed by atoms with Crippen molar-refractivity contribution in [3.8, 4) is 0 Å². The maximum Gasteiger partial charge on any atom is 0.325 e. The molecule has 188 valence electrons. The molecule has 2 aromatic heterocycles. The van der Waals surface area contributed by atoms with Crippen LogP contribution in [0.5, 0.6) is 0 Å². The number of rotatable bonds is 10. The van der Waals surface area contributed by atoms with Crippen molar-refractivity contribution >= 4 is 11.8 Å². The molecule has 0 amide bonds. The lowest BCUT2D eigenvalue weighted by Gasteiger charge is -2.31. The topological polar surface area (TPSA) is 78.3 Å². The Morgan fingerprint density at radius 2 is 2.09 bits per heavy atom. The zero-order chi connectivity index (χ0) is 24.2. The fourth-order valence-electron chi connectivity index (χ4n) is 5.90. The number of carboxylic acids is 1. The second-order valence-electron chi connectivity index (χ2n) is 10.5. The summed E-state index contributed by atoms with van der Waals surface area (Å²) in [5.41, 5.74) is 4.09. The summed E-state index contributed by atoms with van der Waals surface area (Å²) in [5, 5.41) is 13.5. The smallest absolute Gasteiger partial charge is 0.325 e. The lowest BCUT2D eigenvalue weighted by atomic mass is 9.80. The van der Waals surface area contributed by atoms with Gasteiger partial charge in [-0.2, -0.15) is 0 Å². The van der Waals surface area contributed by atoms with Gasteiger partial charge in [-0.15, -0.1) is 0 Å². The third-order valence-electron chi connectivity index (χ3n) is 8.14. The van der Waals surface area contributed by atoms with Crippen LogP contribution in [0, 0.1) is 5.92 Å². The standard InChI is InChI=1S/C28H37FN4O2/c29-24(11-2-1-9-22-13-12-20-8-4-16-31-27(20)32-22)21-14-17-33(18-21)26(28(34)35)23-10-5-15-30-25(23)19-6-3-7-19/h5,10,12-13,15,19,21,24,26H,1-4,6-9,11,14,16-18H2,(H,31,32)(H,34,35)/t21-,24-,26-/m1/s1. The van der Waals surface area contributed by atoms with Crippen LogP contribution in [0.2, 0.25) is 0 Å². The van der Waals surface area contributed by atoms with Crippen molar-refractivity contribution in [2.75, 3.05) is 25.0 Å². The summed E-state index contributed by atoms with van der Waals surface area (Å²) < 4.78 is 15.2. The molecule has 2 aliphatic heterocycles. The van der Waals surface area contributed by atoms with Gasteiger partial charge >= 0.3 is 5.97 Å². The molecule has 0 unspecified atom stereocenters. The minimum atomic E-state index is -0.896. The predicted octanol–water partition coefficient (Wildman–Crippen LogP) is 5.30. The van der Waals surface area contributed by atoms with Gasteiger partial charge in [0, 0.05) is 48.1 Å². The third kappa shape index (κ3) is 5.50. The molecule has 2 fully saturated rings. The highest BCUT2D eigenvalue weighted by Gasteiger charge is 2.39. The molecule has 5 rings (SSSR count). The van der Waals surface area contributed by atoms with E-state index in [0.717, 1.165) is 74.3 Å². The van der Waals surface area contributed by atoms with Crippen LogP contribution in [0.1, 0.15) is 85.8 Å². The van der Waals surface area contributed by atoms with Crippen LogP contribution in [0.3, 0.4) is 0 Å². The summed E-state index contributed by atoms with van der Waals surface area (Å²) in [5.74, 6) is 0.416. The normalized spacial score (nSPS) is 22.1. The Kier molecular flexibility index (Phi) is 7.61. The number of anilines is 1. The number of nitrogens with one attached hydrogen (secondary N) is 1. The monoisotopic (exact) mass is 480 g/mol. The van der Waals surface area contributed by atoms with Crippen molar-refractivity contribution in [3.05, 3.63) is 53.0 Å². The highest BCUT2D eigenvalue weighted by Crippen LogP contribution is 2.40. The Hall–Kier alpha value is -2.54. The maximum absolute atomic E-state index is 15.2. The van der Waals surface area contributed by atoms with Gasteiger partial charge in [0.2, 0.25) is 0 Å². The average Bonchev–Trinajstić information content (AvgIpc) is 3.31. The van der Waals surface area contributed by atoms with Crippen molar-refractivity contribution < 1.29 is 14.3 Å². The zero-order valence-corrected chi connectivity index (χ0v) is 20.5. The summed E-state index contributed by atoms with van der Waals surface area (Å²) >= 11 is 0. The van der Waals surface area contributed by atoms with Crippen LogP contribution < -0.4 is 5.32 Å². The highest BCUT2D eigenvalue weighted by atomic mass is 19.1. The molecule has 4 heterocycles. The molecule has 0 radical (unpaired) electrons. The molecule has 0 spiro atoms. The lowest BCUT2D eigenvalue weighted by Crippen LogP contribution is -2.34. The number of carboxylic acid groups (broad SMARTS) is 1. The molecule has 3 atom stereocenters. The van der Waals surface area contributed by atoms with Gasteiger partial charge in [-0.1, -0.05) is 25.0 Å². The van der Waals surface area contributed by atoms with Gasteiger partial charge in [-0.3, -0.25) is 14.7 Å². The van der Waals surface area contributed by atoms with Gasteiger partial charge < -0.3 is 10.4 Å². The van der Waals surface area contributed by atoms with Gasteiger partial charge in [0.05, 0.1) is 0 Å². The molecule has 1 saturated heterocycles. The Bertz CT molecular complexity index is 1030. The SMILES string of the molecule is O=C(O)[C@@H](c1cccnc1C1CCC1)N1CC[C@@H]([C@H](F)CCCCc2ccc3c(n2)NCCC3)C1. The van der Waals surface area contributed by atoms with Crippen molar-refractivity contribution in [3.63, 3.8) is 0 Å². The second-order valence-corrected chi connectivity index (χ2v) is 10.5. The van der Waals surface area contributed by atoms with E-state index in [1.807, 2.05) is 17.0 Å². The minimum Gasteiger partial charge on any atom is -0.480 e. The van der Waals surface area contributed by atoms with Crippen molar-refractivity contribution in [1.29, 1.82) is 0 Å². The summed E-state index contributed by atoms with van der Waals surface area (Å²) in [7, 11) is 0. The number of halogens is 1. The number of unbranched alkanes of at least 4 members (excludes halogenated alkanes) is 1.